The second-order valence-electron chi connectivity index (χ2n) is 5.69. The quantitative estimate of drug-likeness (QED) is 0.606. The Kier molecular flexibility index (Phi) is 5.19. The lowest BCUT2D eigenvalue weighted by Crippen LogP contribution is -2.24. The zero-order valence-electron chi connectivity index (χ0n) is 11.3. The van der Waals surface area contributed by atoms with Gasteiger partial charge in [0.1, 0.15) is 6.10 Å². The Labute approximate surface area is 104 Å². The Bertz CT molecular complexity index is 289. The van der Waals surface area contributed by atoms with Crippen LogP contribution in [-0.2, 0) is 9.53 Å². The molecular formula is C14H25NO2. The van der Waals surface area contributed by atoms with Crippen LogP contribution in [0.15, 0.2) is 11.6 Å². The molecule has 17 heavy (non-hydrogen) atoms. The van der Waals surface area contributed by atoms with Crippen LogP contribution in [0.2, 0.25) is 0 Å². The van der Waals surface area contributed by atoms with Gasteiger partial charge in [0.2, 0.25) is 0 Å². The Hall–Kier alpha value is -0.830. The molecule has 1 saturated carbocycles. The van der Waals surface area contributed by atoms with Crippen LogP contribution >= 0.6 is 0 Å². The molecule has 98 valence electrons. The van der Waals surface area contributed by atoms with Gasteiger partial charge in [0, 0.05) is 12.1 Å². The summed E-state index contributed by atoms with van der Waals surface area (Å²) >= 11 is 0. The highest BCUT2D eigenvalue weighted by molar-refractivity contribution is 5.88. The van der Waals surface area contributed by atoms with Crippen LogP contribution in [-0.4, -0.2) is 18.6 Å². The van der Waals surface area contributed by atoms with E-state index in [-0.39, 0.29) is 17.5 Å². The van der Waals surface area contributed by atoms with Crippen molar-refractivity contribution < 1.29 is 9.53 Å². The number of hydrogen-bond acceptors (Lipinski definition) is 3. The highest BCUT2D eigenvalue weighted by Gasteiger charge is 2.20. The molecule has 0 bridgehead atoms. The van der Waals surface area contributed by atoms with Gasteiger partial charge in [-0.1, -0.05) is 26.3 Å². The minimum Gasteiger partial charge on any atom is -0.459 e. The SMILES string of the molecule is CC(=CC(C)(C)CN)C(=O)OC1CCCCC1. The zero-order chi connectivity index (χ0) is 12.9. The molecule has 0 atom stereocenters. The summed E-state index contributed by atoms with van der Waals surface area (Å²) in [6.07, 6.45) is 7.68. The molecule has 0 heterocycles. The van der Waals surface area contributed by atoms with Gasteiger partial charge in [0.05, 0.1) is 0 Å². The molecule has 2 N–H and O–H groups in total. The van der Waals surface area contributed by atoms with Gasteiger partial charge in [-0.3, -0.25) is 0 Å². The normalized spacial score (nSPS) is 19.2. The number of carbonyl (C=O) groups is 1. The molecule has 0 aromatic heterocycles. The van der Waals surface area contributed by atoms with Crippen LogP contribution in [0.5, 0.6) is 0 Å². The van der Waals surface area contributed by atoms with E-state index in [1.807, 2.05) is 26.8 Å². The molecule has 0 unspecified atom stereocenters. The van der Waals surface area contributed by atoms with Gasteiger partial charge >= 0.3 is 5.97 Å². The molecule has 0 amide bonds. The number of ether oxygens (including phenoxy) is 1. The van der Waals surface area contributed by atoms with Crippen molar-refractivity contribution in [3.63, 3.8) is 0 Å². The van der Waals surface area contributed by atoms with Gasteiger partial charge in [-0.2, -0.15) is 0 Å². The highest BCUT2D eigenvalue weighted by atomic mass is 16.5. The monoisotopic (exact) mass is 239 g/mol. The van der Waals surface area contributed by atoms with Gasteiger partial charge in [0.25, 0.3) is 0 Å². The van der Waals surface area contributed by atoms with Gasteiger partial charge in [-0.15, -0.1) is 0 Å². The minimum atomic E-state index is -0.182. The first-order chi connectivity index (χ1) is 7.94. The number of rotatable bonds is 4. The van der Waals surface area contributed by atoms with E-state index < -0.39 is 0 Å². The summed E-state index contributed by atoms with van der Waals surface area (Å²) in [4.78, 5) is 11.9. The summed E-state index contributed by atoms with van der Waals surface area (Å²) in [6.45, 7) is 6.37. The van der Waals surface area contributed by atoms with E-state index in [9.17, 15) is 4.79 Å². The van der Waals surface area contributed by atoms with Crippen LogP contribution in [0.25, 0.3) is 0 Å². The molecule has 1 aliphatic carbocycles. The third-order valence-corrected chi connectivity index (χ3v) is 3.28. The molecule has 0 aromatic rings. The van der Waals surface area contributed by atoms with Crippen molar-refractivity contribution in [1.29, 1.82) is 0 Å². The fourth-order valence-electron chi connectivity index (χ4n) is 2.13. The van der Waals surface area contributed by atoms with E-state index in [2.05, 4.69) is 0 Å². The van der Waals surface area contributed by atoms with Gasteiger partial charge in [-0.25, -0.2) is 4.79 Å². The molecule has 3 heteroatoms. The predicted octanol–water partition coefficient (Wildman–Crippen LogP) is 2.79. The lowest BCUT2D eigenvalue weighted by atomic mass is 9.91. The minimum absolute atomic E-state index is 0.126. The number of carbonyl (C=O) groups excluding carboxylic acids is 1. The maximum Gasteiger partial charge on any atom is 0.333 e. The molecule has 0 radical (unpaired) electrons. The highest BCUT2D eigenvalue weighted by Crippen LogP contribution is 2.22. The maximum absolute atomic E-state index is 11.9. The largest absolute Gasteiger partial charge is 0.459 e. The van der Waals surface area contributed by atoms with Gasteiger partial charge in [0.15, 0.2) is 0 Å². The smallest absolute Gasteiger partial charge is 0.333 e. The second-order valence-corrected chi connectivity index (χ2v) is 5.69. The molecular weight excluding hydrogens is 214 g/mol. The fourth-order valence-corrected chi connectivity index (χ4v) is 2.13. The van der Waals surface area contributed by atoms with Gasteiger partial charge < -0.3 is 10.5 Å². The molecule has 1 rings (SSSR count). The molecule has 1 fully saturated rings. The van der Waals surface area contributed by atoms with E-state index in [4.69, 9.17) is 10.5 Å². The Morgan fingerprint density at radius 2 is 1.94 bits per heavy atom. The third kappa shape index (κ3) is 4.90. The number of hydrogen-bond donors (Lipinski definition) is 1. The molecule has 1 aliphatic rings. The first kappa shape index (κ1) is 14.2. The van der Waals surface area contributed by atoms with Crippen LogP contribution in [0.4, 0.5) is 0 Å². The molecule has 0 saturated heterocycles. The van der Waals surface area contributed by atoms with E-state index >= 15 is 0 Å². The Balaban J connectivity index is 2.51. The number of nitrogens with two attached hydrogens (primary N) is 1. The first-order valence-corrected chi connectivity index (χ1v) is 6.55. The summed E-state index contributed by atoms with van der Waals surface area (Å²) in [6, 6.07) is 0. The van der Waals surface area contributed by atoms with Crippen molar-refractivity contribution in [2.45, 2.75) is 59.0 Å². The Morgan fingerprint density at radius 1 is 1.35 bits per heavy atom. The zero-order valence-corrected chi connectivity index (χ0v) is 11.3. The molecule has 0 aromatic carbocycles. The topological polar surface area (TPSA) is 52.3 Å². The predicted molar refractivity (Wildman–Crippen MR) is 69.6 cm³/mol. The van der Waals surface area contributed by atoms with Gasteiger partial charge in [-0.05, 0) is 38.0 Å². The van der Waals surface area contributed by atoms with E-state index in [1.165, 1.54) is 19.3 Å². The summed E-state index contributed by atoms with van der Waals surface area (Å²) in [5.74, 6) is -0.182. The maximum atomic E-state index is 11.9. The summed E-state index contributed by atoms with van der Waals surface area (Å²) in [5, 5.41) is 0. The average Bonchev–Trinajstić information content (AvgIpc) is 2.30. The van der Waals surface area contributed by atoms with E-state index in [0.29, 0.717) is 12.1 Å². The first-order valence-electron chi connectivity index (χ1n) is 6.55. The van der Waals surface area contributed by atoms with Crippen molar-refractivity contribution in [3.8, 4) is 0 Å². The summed E-state index contributed by atoms with van der Waals surface area (Å²) in [7, 11) is 0. The second kappa shape index (κ2) is 6.20. The molecule has 0 spiro atoms. The van der Waals surface area contributed by atoms with E-state index in [1.54, 1.807) is 0 Å². The third-order valence-electron chi connectivity index (χ3n) is 3.28. The molecule has 0 aliphatic heterocycles. The van der Waals surface area contributed by atoms with Crippen LogP contribution in [0.3, 0.4) is 0 Å². The van der Waals surface area contributed by atoms with Crippen molar-refractivity contribution in [3.05, 3.63) is 11.6 Å². The van der Waals surface area contributed by atoms with Crippen LogP contribution in [0, 0.1) is 5.41 Å². The standard InChI is InChI=1S/C14H25NO2/c1-11(9-14(2,3)10-15)13(16)17-12-7-5-4-6-8-12/h9,12H,4-8,10,15H2,1-3H3. The average molecular weight is 239 g/mol. The lowest BCUT2D eigenvalue weighted by molar-refractivity contribution is -0.145. The van der Waals surface area contributed by atoms with E-state index in [0.717, 1.165) is 12.8 Å². The fraction of sp³-hybridized carbons (Fsp3) is 0.786. The van der Waals surface area contributed by atoms with Crippen molar-refractivity contribution in [1.82, 2.24) is 0 Å². The lowest BCUT2D eigenvalue weighted by Gasteiger charge is -2.23. The summed E-state index contributed by atoms with van der Waals surface area (Å²) in [5.41, 5.74) is 6.17. The van der Waals surface area contributed by atoms with Crippen molar-refractivity contribution >= 4 is 5.97 Å². The van der Waals surface area contributed by atoms with Crippen LogP contribution in [0.1, 0.15) is 52.9 Å². The molecule has 3 nitrogen and oxygen atoms in total. The van der Waals surface area contributed by atoms with Crippen molar-refractivity contribution in [2.75, 3.05) is 6.54 Å². The van der Waals surface area contributed by atoms with Crippen molar-refractivity contribution in [2.24, 2.45) is 11.1 Å². The van der Waals surface area contributed by atoms with Crippen LogP contribution < -0.4 is 5.73 Å². The Morgan fingerprint density at radius 3 is 2.47 bits per heavy atom. The summed E-state index contributed by atoms with van der Waals surface area (Å²) < 4.78 is 5.50. The number of esters is 1.